The van der Waals surface area contributed by atoms with E-state index in [4.69, 9.17) is 25.5 Å². The van der Waals surface area contributed by atoms with Crippen LogP contribution in [0.2, 0.25) is 0 Å². The minimum absolute atomic E-state index is 1.05. The molecule has 1 aliphatic rings. The molecule has 0 nitrogen and oxygen atoms in total. The van der Waals surface area contributed by atoms with Crippen LogP contribution in [-0.4, -0.2) is 0 Å². The molecular weight excluding hydrogens is 294 g/mol. The van der Waals surface area contributed by atoms with E-state index in [0.717, 1.165) is 6.42 Å². The molecule has 1 aliphatic carbocycles. The molecule has 12 heavy (non-hydrogen) atoms. The maximum absolute atomic E-state index is 5.00. The normalized spacial score (nSPS) is 15.3. The summed E-state index contributed by atoms with van der Waals surface area (Å²) in [4.78, 5) is 0. The Labute approximate surface area is 92.9 Å². The first-order chi connectivity index (χ1) is 5.45. The van der Waals surface area contributed by atoms with E-state index in [1.54, 1.807) is 0 Å². The third kappa shape index (κ3) is 5.81. The van der Waals surface area contributed by atoms with Crippen LogP contribution in [0.5, 0.6) is 0 Å². The Morgan fingerprint density at radius 1 is 1.17 bits per heavy atom. The van der Waals surface area contributed by atoms with Crippen molar-refractivity contribution < 1.29 is 18.2 Å². The van der Waals surface area contributed by atoms with Crippen LogP contribution in [0.4, 0.5) is 0 Å². The molecule has 0 aromatic heterocycles. The number of hydrogen-bond donors (Lipinski definition) is 0. The van der Waals surface area contributed by atoms with Crippen molar-refractivity contribution in [2.75, 3.05) is 0 Å². The Morgan fingerprint density at radius 2 is 1.58 bits per heavy atom. The fourth-order valence-electron chi connectivity index (χ4n) is 0.850. The van der Waals surface area contributed by atoms with E-state index in [9.17, 15) is 0 Å². The van der Waals surface area contributed by atoms with Crippen molar-refractivity contribution in [2.24, 2.45) is 0 Å². The second-order valence-electron chi connectivity index (χ2n) is 2.60. The van der Waals surface area contributed by atoms with Gasteiger partial charge in [-0.1, -0.05) is 13.8 Å². The van der Waals surface area contributed by atoms with Crippen LogP contribution in [0.3, 0.4) is 0 Å². The number of rotatable bonds is 0. The van der Waals surface area contributed by atoms with Gasteiger partial charge in [-0.25, -0.2) is 5.57 Å². The average molecular weight is 305 g/mol. The molecule has 0 bridgehead atoms. The second-order valence-corrected chi connectivity index (χ2v) is 13.8. The van der Waals surface area contributed by atoms with Crippen molar-refractivity contribution >= 4 is 25.5 Å². The first-order valence-corrected chi connectivity index (χ1v) is 13.0. The predicted octanol–water partition coefficient (Wildman–Crippen LogP) is 4.54. The summed E-state index contributed by atoms with van der Waals surface area (Å²) in [5.41, 5.74) is 4.25. The first kappa shape index (κ1) is 13.2. The SMILES string of the molecule is CC1=[C-]CC(C)=C1C.[Cl][Zr]([Cl])[Cl]. The zero-order valence-electron chi connectivity index (χ0n) is 7.34. The van der Waals surface area contributed by atoms with Gasteiger partial charge in [0.1, 0.15) is 0 Å². The second kappa shape index (κ2) is 6.65. The summed E-state index contributed by atoms with van der Waals surface area (Å²) >= 11 is -2.13. The molecule has 0 saturated carbocycles. The van der Waals surface area contributed by atoms with Crippen molar-refractivity contribution in [1.29, 1.82) is 0 Å². The summed E-state index contributed by atoms with van der Waals surface area (Å²) in [5, 5.41) is 0. The quantitative estimate of drug-likeness (QED) is 0.576. The Kier molecular flexibility index (Phi) is 7.34. The molecule has 0 amide bonds. The van der Waals surface area contributed by atoms with Crippen LogP contribution in [0.1, 0.15) is 27.2 Å². The van der Waals surface area contributed by atoms with E-state index in [2.05, 4.69) is 26.8 Å². The Hall–Kier alpha value is 1.23. The van der Waals surface area contributed by atoms with Crippen LogP contribution in [-0.2, 0) is 18.2 Å². The standard InChI is InChI=1S/C8H11.3ClH.Zr/c1-6-4-5-7(2)8(6)3;;;;/h4H2,1-3H3;3*1H;/q-1;;;;+3/p-3. The van der Waals surface area contributed by atoms with E-state index < -0.39 is 18.2 Å². The van der Waals surface area contributed by atoms with Crippen molar-refractivity contribution in [3.63, 3.8) is 0 Å². The zero-order chi connectivity index (χ0) is 9.72. The monoisotopic (exact) mass is 302 g/mol. The van der Waals surface area contributed by atoms with E-state index in [1.165, 1.54) is 16.7 Å². The topological polar surface area (TPSA) is 0 Å². The summed E-state index contributed by atoms with van der Waals surface area (Å²) in [6, 6.07) is 0. The zero-order valence-corrected chi connectivity index (χ0v) is 12.1. The molecule has 0 saturated heterocycles. The summed E-state index contributed by atoms with van der Waals surface area (Å²) in [6.45, 7) is 6.44. The summed E-state index contributed by atoms with van der Waals surface area (Å²) in [6.07, 6.45) is 4.31. The number of hydrogen-bond acceptors (Lipinski definition) is 0. The van der Waals surface area contributed by atoms with Gasteiger partial charge < -0.3 is 0 Å². The molecule has 0 spiro atoms. The van der Waals surface area contributed by atoms with E-state index in [0.29, 0.717) is 0 Å². The molecule has 1 rings (SSSR count). The minimum atomic E-state index is -2.13. The number of allylic oxidation sites excluding steroid dienone is 4. The van der Waals surface area contributed by atoms with E-state index >= 15 is 0 Å². The van der Waals surface area contributed by atoms with Crippen LogP contribution in [0.15, 0.2) is 16.7 Å². The Balaban J connectivity index is 0.000000261. The van der Waals surface area contributed by atoms with Crippen LogP contribution in [0.25, 0.3) is 0 Å². The van der Waals surface area contributed by atoms with Gasteiger partial charge in [0.2, 0.25) is 0 Å². The van der Waals surface area contributed by atoms with Crippen LogP contribution >= 0.6 is 25.5 Å². The van der Waals surface area contributed by atoms with Gasteiger partial charge in [-0.2, -0.15) is 11.1 Å². The summed E-state index contributed by atoms with van der Waals surface area (Å²) in [5.74, 6) is 0. The molecule has 0 atom stereocenters. The van der Waals surface area contributed by atoms with E-state index in [-0.39, 0.29) is 0 Å². The van der Waals surface area contributed by atoms with Gasteiger partial charge in [0.05, 0.1) is 0 Å². The Bertz CT molecular complexity index is 198. The molecule has 69 valence electrons. The molecule has 0 aromatic rings. The fraction of sp³-hybridized carbons (Fsp3) is 0.500. The maximum atomic E-state index is 5.00. The molecule has 4 heteroatoms. The predicted molar refractivity (Wildman–Crippen MR) is 53.0 cm³/mol. The van der Waals surface area contributed by atoms with Gasteiger partial charge in [0.25, 0.3) is 0 Å². The third-order valence-electron chi connectivity index (χ3n) is 1.82. The molecule has 0 aromatic carbocycles. The molecule has 0 fully saturated rings. The summed E-state index contributed by atoms with van der Waals surface area (Å²) in [7, 11) is 15.0. The van der Waals surface area contributed by atoms with E-state index in [1.807, 2.05) is 0 Å². The fourth-order valence-corrected chi connectivity index (χ4v) is 0.850. The van der Waals surface area contributed by atoms with Gasteiger partial charge in [-0.3, -0.25) is 6.08 Å². The van der Waals surface area contributed by atoms with Gasteiger partial charge >= 0.3 is 43.7 Å². The first-order valence-electron chi connectivity index (χ1n) is 3.52. The molecule has 0 unspecified atom stereocenters. The molecule has 0 N–H and O–H groups in total. The average Bonchev–Trinajstić information content (AvgIpc) is 2.19. The van der Waals surface area contributed by atoms with Crippen molar-refractivity contribution in [1.82, 2.24) is 0 Å². The van der Waals surface area contributed by atoms with Crippen LogP contribution in [0, 0.1) is 6.08 Å². The number of halogens is 3. The molecule has 0 aliphatic heterocycles. The molecular formula is C8H11Cl3Zr-. The third-order valence-corrected chi connectivity index (χ3v) is 1.82. The van der Waals surface area contributed by atoms with Gasteiger partial charge in [0.15, 0.2) is 0 Å². The van der Waals surface area contributed by atoms with Gasteiger partial charge in [-0.15, -0.1) is 13.3 Å². The van der Waals surface area contributed by atoms with Crippen molar-refractivity contribution in [3.05, 3.63) is 22.8 Å². The molecule has 0 radical (unpaired) electrons. The van der Waals surface area contributed by atoms with Gasteiger partial charge in [0, 0.05) is 0 Å². The van der Waals surface area contributed by atoms with Crippen molar-refractivity contribution in [2.45, 2.75) is 27.2 Å². The Morgan fingerprint density at radius 3 is 1.67 bits per heavy atom. The summed E-state index contributed by atoms with van der Waals surface area (Å²) < 4.78 is 0. The van der Waals surface area contributed by atoms with Crippen LogP contribution < -0.4 is 0 Å². The van der Waals surface area contributed by atoms with Gasteiger partial charge in [-0.05, 0) is 0 Å². The molecule has 0 heterocycles. The van der Waals surface area contributed by atoms with Crippen molar-refractivity contribution in [3.8, 4) is 0 Å².